The largest absolute Gasteiger partial charge is 0.508 e. The summed E-state index contributed by atoms with van der Waals surface area (Å²) in [5, 5.41) is 12.1. The second kappa shape index (κ2) is 8.82. The fraction of sp³-hybridized carbons (Fsp3) is 0.533. The number of hydrogen-bond acceptors (Lipinski definition) is 3. The van der Waals surface area contributed by atoms with E-state index in [9.17, 15) is 9.90 Å². The number of carbonyl (C=O) groups is 1. The fourth-order valence-corrected chi connectivity index (χ4v) is 1.89. The van der Waals surface area contributed by atoms with Crippen LogP contribution in [-0.4, -0.2) is 23.1 Å². The molecule has 4 nitrogen and oxygen atoms in total. The van der Waals surface area contributed by atoms with Gasteiger partial charge in [-0.25, -0.2) is 0 Å². The molecule has 3 atom stereocenters. The molecule has 0 aliphatic heterocycles. The Morgan fingerprint density at radius 1 is 1.30 bits per heavy atom. The molecule has 0 spiro atoms. The third-order valence-electron chi connectivity index (χ3n) is 3.43. The molecule has 1 aromatic carbocycles. The van der Waals surface area contributed by atoms with Crippen molar-refractivity contribution in [2.75, 3.05) is 0 Å². The summed E-state index contributed by atoms with van der Waals surface area (Å²) in [5.74, 6) is 0.334. The lowest BCUT2D eigenvalue weighted by atomic mass is 9.98. The molecule has 0 aliphatic rings. The molecule has 0 heterocycles. The minimum Gasteiger partial charge on any atom is -0.508 e. The molecule has 5 heteroatoms. The van der Waals surface area contributed by atoms with Gasteiger partial charge >= 0.3 is 0 Å². The Morgan fingerprint density at radius 3 is 2.35 bits per heavy atom. The molecule has 1 aromatic rings. The molecule has 0 radical (unpaired) electrons. The molecule has 0 aromatic heterocycles. The molecule has 0 saturated carbocycles. The van der Waals surface area contributed by atoms with Crippen molar-refractivity contribution >= 4 is 18.3 Å². The number of hydrogen-bond donors (Lipinski definition) is 3. The van der Waals surface area contributed by atoms with E-state index >= 15 is 0 Å². The summed E-state index contributed by atoms with van der Waals surface area (Å²) in [6, 6.07) is 6.57. The molecular formula is C15H25ClN2O2. The molecule has 4 N–H and O–H groups in total. The second-order valence-electron chi connectivity index (χ2n) is 5.19. The van der Waals surface area contributed by atoms with Crippen LogP contribution in [0.1, 0.15) is 32.8 Å². The SMILES string of the molecule is CCC(C)C(N)C(=O)NC(C)Cc1ccc(O)cc1.Cl. The van der Waals surface area contributed by atoms with Crippen LogP contribution in [0.3, 0.4) is 0 Å². The van der Waals surface area contributed by atoms with Gasteiger partial charge in [-0.1, -0.05) is 32.4 Å². The van der Waals surface area contributed by atoms with Gasteiger partial charge in [-0.3, -0.25) is 4.79 Å². The first-order chi connectivity index (χ1) is 8.93. The van der Waals surface area contributed by atoms with Crippen molar-refractivity contribution in [3.8, 4) is 5.75 Å². The monoisotopic (exact) mass is 300 g/mol. The van der Waals surface area contributed by atoms with Crippen molar-refractivity contribution in [2.24, 2.45) is 11.7 Å². The minimum absolute atomic E-state index is 0. The summed E-state index contributed by atoms with van der Waals surface area (Å²) in [6.07, 6.45) is 1.61. The summed E-state index contributed by atoms with van der Waals surface area (Å²) in [6.45, 7) is 5.96. The number of nitrogens with one attached hydrogen (secondary N) is 1. The lowest BCUT2D eigenvalue weighted by Crippen LogP contribution is -2.48. The van der Waals surface area contributed by atoms with E-state index in [2.05, 4.69) is 5.32 Å². The molecule has 20 heavy (non-hydrogen) atoms. The number of amides is 1. The zero-order chi connectivity index (χ0) is 14.4. The van der Waals surface area contributed by atoms with Crippen LogP contribution in [0.2, 0.25) is 0 Å². The quantitative estimate of drug-likeness (QED) is 0.754. The van der Waals surface area contributed by atoms with Gasteiger partial charge in [0.05, 0.1) is 6.04 Å². The first-order valence-electron chi connectivity index (χ1n) is 6.77. The van der Waals surface area contributed by atoms with Gasteiger partial charge in [0.1, 0.15) is 5.75 Å². The number of aromatic hydroxyl groups is 1. The summed E-state index contributed by atoms with van der Waals surface area (Å²) in [7, 11) is 0. The van der Waals surface area contributed by atoms with Crippen LogP contribution in [0.4, 0.5) is 0 Å². The van der Waals surface area contributed by atoms with Gasteiger partial charge in [0.15, 0.2) is 0 Å². The van der Waals surface area contributed by atoms with E-state index in [0.717, 1.165) is 18.4 Å². The molecule has 3 unspecified atom stereocenters. The van der Waals surface area contributed by atoms with Gasteiger partial charge < -0.3 is 16.2 Å². The molecule has 0 aliphatic carbocycles. The molecule has 1 rings (SSSR count). The van der Waals surface area contributed by atoms with Crippen LogP contribution in [0.5, 0.6) is 5.75 Å². The summed E-state index contributed by atoms with van der Waals surface area (Å²) >= 11 is 0. The maximum absolute atomic E-state index is 11.9. The molecule has 0 fully saturated rings. The average Bonchev–Trinajstić information content (AvgIpc) is 2.39. The first-order valence-corrected chi connectivity index (χ1v) is 6.77. The fourth-order valence-electron chi connectivity index (χ4n) is 1.89. The van der Waals surface area contributed by atoms with Crippen LogP contribution < -0.4 is 11.1 Å². The predicted molar refractivity (Wildman–Crippen MR) is 84.1 cm³/mol. The molecule has 0 bridgehead atoms. The Balaban J connectivity index is 0.00000361. The van der Waals surface area contributed by atoms with Gasteiger partial charge in [0.25, 0.3) is 0 Å². The van der Waals surface area contributed by atoms with Crippen LogP contribution in [0.25, 0.3) is 0 Å². The smallest absolute Gasteiger partial charge is 0.237 e. The van der Waals surface area contributed by atoms with E-state index in [1.807, 2.05) is 32.9 Å². The second-order valence-corrected chi connectivity index (χ2v) is 5.19. The number of halogens is 1. The van der Waals surface area contributed by atoms with Crippen molar-refractivity contribution < 1.29 is 9.90 Å². The molecule has 0 saturated heterocycles. The van der Waals surface area contributed by atoms with Gasteiger partial charge in [-0.15, -0.1) is 12.4 Å². The van der Waals surface area contributed by atoms with E-state index < -0.39 is 6.04 Å². The van der Waals surface area contributed by atoms with Crippen LogP contribution in [0, 0.1) is 5.92 Å². The van der Waals surface area contributed by atoms with Crippen LogP contribution in [0.15, 0.2) is 24.3 Å². The number of carbonyl (C=O) groups excluding carboxylic acids is 1. The van der Waals surface area contributed by atoms with Crippen molar-refractivity contribution in [1.82, 2.24) is 5.32 Å². The Labute approximate surface area is 127 Å². The minimum atomic E-state index is -0.452. The first kappa shape index (κ1) is 18.7. The van der Waals surface area contributed by atoms with Gasteiger partial charge in [0.2, 0.25) is 5.91 Å². The maximum atomic E-state index is 11.9. The number of phenolic OH excluding ortho intramolecular Hbond substituents is 1. The Bertz CT molecular complexity index is 409. The van der Waals surface area contributed by atoms with Gasteiger partial charge in [-0.05, 0) is 37.0 Å². The van der Waals surface area contributed by atoms with Gasteiger partial charge in [0, 0.05) is 6.04 Å². The van der Waals surface area contributed by atoms with Crippen molar-refractivity contribution in [3.63, 3.8) is 0 Å². The lowest BCUT2D eigenvalue weighted by Gasteiger charge is -2.21. The highest BCUT2D eigenvalue weighted by molar-refractivity contribution is 5.85. The van der Waals surface area contributed by atoms with E-state index in [0.29, 0.717) is 0 Å². The number of nitrogens with two attached hydrogens (primary N) is 1. The van der Waals surface area contributed by atoms with Crippen molar-refractivity contribution in [1.29, 1.82) is 0 Å². The predicted octanol–water partition coefficient (Wildman–Crippen LogP) is 2.23. The Hall–Kier alpha value is -1.26. The van der Waals surface area contributed by atoms with Crippen molar-refractivity contribution in [3.05, 3.63) is 29.8 Å². The van der Waals surface area contributed by atoms with Crippen molar-refractivity contribution in [2.45, 2.75) is 45.7 Å². The van der Waals surface area contributed by atoms with Crippen LogP contribution >= 0.6 is 12.4 Å². The van der Waals surface area contributed by atoms with Crippen LogP contribution in [-0.2, 0) is 11.2 Å². The highest BCUT2D eigenvalue weighted by Gasteiger charge is 2.20. The Morgan fingerprint density at radius 2 is 1.85 bits per heavy atom. The molecular weight excluding hydrogens is 276 g/mol. The van der Waals surface area contributed by atoms with E-state index in [4.69, 9.17) is 5.73 Å². The lowest BCUT2D eigenvalue weighted by molar-refractivity contribution is -0.124. The third kappa shape index (κ3) is 5.80. The highest BCUT2D eigenvalue weighted by atomic mass is 35.5. The standard InChI is InChI=1S/C15H24N2O2.ClH/c1-4-10(2)14(16)15(19)17-11(3)9-12-5-7-13(18)8-6-12;/h5-8,10-11,14,18H,4,9,16H2,1-3H3,(H,17,19);1H. The topological polar surface area (TPSA) is 75.4 Å². The number of phenols is 1. The van der Waals surface area contributed by atoms with Gasteiger partial charge in [-0.2, -0.15) is 0 Å². The number of rotatable bonds is 6. The average molecular weight is 301 g/mol. The zero-order valence-corrected chi connectivity index (χ0v) is 13.1. The molecule has 114 valence electrons. The Kier molecular flexibility index (Phi) is 8.26. The highest BCUT2D eigenvalue weighted by Crippen LogP contribution is 2.11. The van der Waals surface area contributed by atoms with E-state index in [-0.39, 0.29) is 36.0 Å². The molecule has 1 amide bonds. The zero-order valence-electron chi connectivity index (χ0n) is 12.3. The summed E-state index contributed by atoms with van der Waals surface area (Å²) in [4.78, 5) is 11.9. The number of benzene rings is 1. The van der Waals surface area contributed by atoms with E-state index in [1.54, 1.807) is 12.1 Å². The third-order valence-corrected chi connectivity index (χ3v) is 3.43. The normalized spacial score (nSPS) is 14.8. The summed E-state index contributed by atoms with van der Waals surface area (Å²) in [5.41, 5.74) is 6.96. The summed E-state index contributed by atoms with van der Waals surface area (Å²) < 4.78 is 0. The maximum Gasteiger partial charge on any atom is 0.237 e. The van der Waals surface area contributed by atoms with E-state index in [1.165, 1.54) is 0 Å².